The zero-order chi connectivity index (χ0) is 20.9. The minimum Gasteiger partial charge on any atom is -0.484 e. The van der Waals surface area contributed by atoms with Gasteiger partial charge in [0.15, 0.2) is 6.61 Å². The molecule has 1 fully saturated rings. The van der Waals surface area contributed by atoms with Crippen molar-refractivity contribution in [2.45, 2.75) is 38.3 Å². The molecule has 2 N–H and O–H groups in total. The number of carbonyl (C=O) groups excluding carboxylic acids is 2. The molecule has 2 aromatic rings. The van der Waals surface area contributed by atoms with Crippen LogP contribution in [-0.2, 0) is 22.6 Å². The number of piperidine rings is 1. The summed E-state index contributed by atoms with van der Waals surface area (Å²) in [5, 5.41) is 5.88. The predicted octanol–water partition coefficient (Wildman–Crippen LogP) is 2.87. The molecule has 0 aliphatic carbocycles. The lowest BCUT2D eigenvalue weighted by Crippen LogP contribution is -2.45. The Morgan fingerprint density at radius 3 is 2.67 bits per heavy atom. The third-order valence-electron chi connectivity index (χ3n) is 5.62. The van der Waals surface area contributed by atoms with Crippen LogP contribution in [0.3, 0.4) is 0 Å². The fraction of sp³-hybridized carbons (Fsp3) is 0.391. The number of nitrogens with one attached hydrogen (secondary N) is 2. The van der Waals surface area contributed by atoms with Crippen LogP contribution in [0.15, 0.2) is 42.5 Å². The first-order chi connectivity index (χ1) is 14.5. The number of likely N-dealkylation sites (tertiary alicyclic amines) is 1. The third kappa shape index (κ3) is 5.36. The van der Waals surface area contributed by atoms with Crippen molar-refractivity contribution in [2.24, 2.45) is 0 Å². The average molecular weight is 411 g/mol. The van der Waals surface area contributed by atoms with Crippen LogP contribution in [0.5, 0.6) is 5.75 Å². The molecule has 0 bridgehead atoms. The van der Waals surface area contributed by atoms with E-state index in [0.717, 1.165) is 55.7 Å². The molecule has 30 heavy (non-hydrogen) atoms. The molecule has 7 heteroatoms. The Kier molecular flexibility index (Phi) is 6.28. The van der Waals surface area contributed by atoms with Crippen molar-refractivity contribution < 1.29 is 18.7 Å². The van der Waals surface area contributed by atoms with Crippen molar-refractivity contribution in [1.29, 1.82) is 0 Å². The monoisotopic (exact) mass is 411 g/mol. The van der Waals surface area contributed by atoms with Gasteiger partial charge in [-0.1, -0.05) is 18.2 Å². The van der Waals surface area contributed by atoms with Crippen LogP contribution in [0.25, 0.3) is 0 Å². The molecule has 2 heterocycles. The summed E-state index contributed by atoms with van der Waals surface area (Å²) in [5.74, 6) is 0.208. The SMILES string of the molecule is O=C1CCc2ccc(OCC(=O)NC3CCN(Cc4ccc(F)cc4)CC3)cc2N1. The Morgan fingerprint density at radius 1 is 1.13 bits per heavy atom. The molecule has 2 aliphatic heterocycles. The second kappa shape index (κ2) is 9.26. The Bertz CT molecular complexity index is 908. The summed E-state index contributed by atoms with van der Waals surface area (Å²) in [6.07, 6.45) is 2.97. The van der Waals surface area contributed by atoms with Gasteiger partial charge in [0, 0.05) is 43.9 Å². The van der Waals surface area contributed by atoms with Crippen molar-refractivity contribution >= 4 is 17.5 Å². The average Bonchev–Trinajstić information content (AvgIpc) is 2.75. The molecule has 0 unspecified atom stereocenters. The largest absolute Gasteiger partial charge is 0.484 e. The Balaban J connectivity index is 1.19. The summed E-state index contributed by atoms with van der Waals surface area (Å²) in [6.45, 7) is 2.50. The summed E-state index contributed by atoms with van der Waals surface area (Å²) in [4.78, 5) is 26.1. The van der Waals surface area contributed by atoms with E-state index < -0.39 is 0 Å². The first kappa shape index (κ1) is 20.3. The van der Waals surface area contributed by atoms with Crippen LogP contribution in [0.4, 0.5) is 10.1 Å². The molecular formula is C23H26FN3O3. The van der Waals surface area contributed by atoms with E-state index in [-0.39, 0.29) is 30.3 Å². The second-order valence-corrected chi connectivity index (χ2v) is 7.90. The van der Waals surface area contributed by atoms with Gasteiger partial charge in [-0.15, -0.1) is 0 Å². The molecular weight excluding hydrogens is 385 g/mol. The van der Waals surface area contributed by atoms with Crippen molar-refractivity contribution in [2.75, 3.05) is 25.0 Å². The number of aryl methyl sites for hydroxylation is 1. The fourth-order valence-electron chi connectivity index (χ4n) is 3.94. The Morgan fingerprint density at radius 2 is 1.90 bits per heavy atom. The van der Waals surface area contributed by atoms with Gasteiger partial charge in [-0.3, -0.25) is 14.5 Å². The maximum atomic E-state index is 13.0. The van der Waals surface area contributed by atoms with Crippen LogP contribution < -0.4 is 15.4 Å². The maximum Gasteiger partial charge on any atom is 0.258 e. The number of nitrogens with zero attached hydrogens (tertiary/aromatic N) is 1. The summed E-state index contributed by atoms with van der Waals surface area (Å²) in [7, 11) is 0. The number of amides is 2. The van der Waals surface area contributed by atoms with Gasteiger partial charge in [-0.2, -0.15) is 0 Å². The van der Waals surface area contributed by atoms with E-state index in [9.17, 15) is 14.0 Å². The van der Waals surface area contributed by atoms with Gasteiger partial charge < -0.3 is 15.4 Å². The van der Waals surface area contributed by atoms with E-state index in [4.69, 9.17) is 4.74 Å². The molecule has 0 atom stereocenters. The zero-order valence-electron chi connectivity index (χ0n) is 16.8. The first-order valence-electron chi connectivity index (χ1n) is 10.4. The van der Waals surface area contributed by atoms with Gasteiger partial charge in [0.1, 0.15) is 11.6 Å². The lowest BCUT2D eigenvalue weighted by molar-refractivity contribution is -0.124. The van der Waals surface area contributed by atoms with Gasteiger partial charge in [0.25, 0.3) is 5.91 Å². The van der Waals surface area contributed by atoms with Crippen LogP contribution in [0.2, 0.25) is 0 Å². The minimum absolute atomic E-state index is 0.00293. The van der Waals surface area contributed by atoms with Gasteiger partial charge >= 0.3 is 0 Å². The molecule has 158 valence electrons. The molecule has 2 amide bonds. The highest BCUT2D eigenvalue weighted by Gasteiger charge is 2.21. The van der Waals surface area contributed by atoms with Gasteiger partial charge in [-0.05, 0) is 48.6 Å². The predicted molar refractivity (Wildman–Crippen MR) is 112 cm³/mol. The van der Waals surface area contributed by atoms with E-state index in [1.54, 1.807) is 6.07 Å². The molecule has 4 rings (SSSR count). The number of carbonyl (C=O) groups is 2. The summed E-state index contributed by atoms with van der Waals surface area (Å²) in [6, 6.07) is 12.3. The Labute approximate surface area is 175 Å². The molecule has 2 aliphatic rings. The third-order valence-corrected chi connectivity index (χ3v) is 5.62. The highest BCUT2D eigenvalue weighted by molar-refractivity contribution is 5.94. The molecule has 0 radical (unpaired) electrons. The fourth-order valence-corrected chi connectivity index (χ4v) is 3.94. The standard InChI is InChI=1S/C23H26FN3O3/c24-18-5-1-16(2-6-18)14-27-11-9-19(10-12-27)25-23(29)15-30-20-7-3-17-4-8-22(28)26-21(17)13-20/h1-3,5-7,13,19H,4,8-12,14-15H2,(H,25,29)(H,26,28). The van der Waals surface area contributed by atoms with Crippen molar-refractivity contribution in [1.82, 2.24) is 10.2 Å². The number of anilines is 1. The Hall–Kier alpha value is -2.93. The van der Waals surface area contributed by atoms with Crippen molar-refractivity contribution in [3.05, 3.63) is 59.4 Å². The summed E-state index contributed by atoms with van der Waals surface area (Å²) < 4.78 is 18.6. The second-order valence-electron chi connectivity index (χ2n) is 7.90. The maximum absolute atomic E-state index is 13.0. The van der Waals surface area contributed by atoms with Gasteiger partial charge in [0.2, 0.25) is 5.91 Å². The quantitative estimate of drug-likeness (QED) is 0.767. The summed E-state index contributed by atoms with van der Waals surface area (Å²) >= 11 is 0. The molecule has 0 aromatic heterocycles. The number of fused-ring (bicyclic) bond motifs is 1. The van der Waals surface area contributed by atoms with Gasteiger partial charge in [0.05, 0.1) is 0 Å². The number of hydrogen-bond donors (Lipinski definition) is 2. The molecule has 6 nitrogen and oxygen atoms in total. The highest BCUT2D eigenvalue weighted by atomic mass is 19.1. The van der Waals surface area contributed by atoms with Crippen LogP contribution in [0, 0.1) is 5.82 Å². The van der Waals surface area contributed by atoms with E-state index in [1.807, 2.05) is 24.3 Å². The number of halogens is 1. The van der Waals surface area contributed by atoms with E-state index in [1.165, 1.54) is 12.1 Å². The highest BCUT2D eigenvalue weighted by Crippen LogP contribution is 2.27. The van der Waals surface area contributed by atoms with Gasteiger partial charge in [-0.25, -0.2) is 4.39 Å². The smallest absolute Gasteiger partial charge is 0.258 e. The van der Waals surface area contributed by atoms with E-state index in [2.05, 4.69) is 15.5 Å². The molecule has 1 saturated heterocycles. The first-order valence-corrected chi connectivity index (χ1v) is 10.4. The molecule has 0 spiro atoms. The number of ether oxygens (including phenoxy) is 1. The zero-order valence-corrected chi connectivity index (χ0v) is 16.8. The lowest BCUT2D eigenvalue weighted by Gasteiger charge is -2.32. The lowest BCUT2D eigenvalue weighted by atomic mass is 10.0. The van der Waals surface area contributed by atoms with Crippen molar-refractivity contribution in [3.63, 3.8) is 0 Å². The minimum atomic E-state index is -0.220. The van der Waals surface area contributed by atoms with Crippen LogP contribution in [0.1, 0.15) is 30.4 Å². The van der Waals surface area contributed by atoms with Crippen LogP contribution in [-0.4, -0.2) is 42.5 Å². The van der Waals surface area contributed by atoms with Crippen LogP contribution >= 0.6 is 0 Å². The molecule has 0 saturated carbocycles. The van der Waals surface area contributed by atoms with E-state index >= 15 is 0 Å². The van der Waals surface area contributed by atoms with E-state index in [0.29, 0.717) is 12.2 Å². The number of benzene rings is 2. The van der Waals surface area contributed by atoms with Crippen molar-refractivity contribution in [3.8, 4) is 5.75 Å². The normalized spacial score (nSPS) is 17.2. The number of hydrogen-bond acceptors (Lipinski definition) is 4. The summed E-state index contributed by atoms with van der Waals surface area (Å²) in [5.41, 5.74) is 2.94. The topological polar surface area (TPSA) is 70.7 Å². The number of rotatable bonds is 6. The molecule has 2 aromatic carbocycles.